The van der Waals surface area contributed by atoms with Gasteiger partial charge >= 0.3 is 5.97 Å². The number of anilines is 1. The summed E-state index contributed by atoms with van der Waals surface area (Å²) in [5.74, 6) is -0.0819. The predicted molar refractivity (Wildman–Crippen MR) is 135 cm³/mol. The summed E-state index contributed by atoms with van der Waals surface area (Å²) < 4.78 is 7.65. The van der Waals surface area contributed by atoms with Crippen molar-refractivity contribution in [1.82, 2.24) is 4.57 Å². The van der Waals surface area contributed by atoms with E-state index in [1.54, 1.807) is 13.2 Å². The van der Waals surface area contributed by atoms with Crippen LogP contribution in [0.4, 0.5) is 5.69 Å². The number of aryl methyl sites for hydroxylation is 1. The monoisotopic (exact) mass is 442 g/mol. The Kier molecular flexibility index (Phi) is 6.14. The van der Waals surface area contributed by atoms with Gasteiger partial charge in [0, 0.05) is 49.3 Å². The molecule has 0 saturated carbocycles. The minimum atomic E-state index is -0.902. The maximum atomic E-state index is 12.1. The molecule has 0 spiro atoms. The summed E-state index contributed by atoms with van der Waals surface area (Å²) >= 11 is 0. The van der Waals surface area contributed by atoms with Crippen molar-refractivity contribution in [1.29, 1.82) is 0 Å². The first kappa shape index (κ1) is 22.5. The first-order chi connectivity index (χ1) is 15.8. The zero-order valence-corrected chi connectivity index (χ0v) is 19.8. The molecule has 5 heteroatoms. The van der Waals surface area contributed by atoms with E-state index >= 15 is 0 Å². The topological polar surface area (TPSA) is 54.7 Å². The van der Waals surface area contributed by atoms with Crippen LogP contribution >= 0.6 is 0 Å². The summed E-state index contributed by atoms with van der Waals surface area (Å²) in [5.41, 5.74) is 7.79. The smallest absolute Gasteiger partial charge is 0.336 e. The number of aromatic carboxylic acids is 1. The first-order valence-corrected chi connectivity index (χ1v) is 11.1. The normalized spacial score (nSPS) is 11.1. The van der Waals surface area contributed by atoms with Gasteiger partial charge in [0.2, 0.25) is 0 Å². The maximum absolute atomic E-state index is 12.1. The van der Waals surface area contributed by atoms with Gasteiger partial charge in [-0.25, -0.2) is 4.79 Å². The summed E-state index contributed by atoms with van der Waals surface area (Å²) in [6.07, 6.45) is 0.553. The van der Waals surface area contributed by atoms with Crippen LogP contribution < -0.4 is 9.64 Å². The van der Waals surface area contributed by atoms with Crippen LogP contribution in [0, 0.1) is 6.92 Å². The zero-order chi connectivity index (χ0) is 23.7. The molecule has 1 N–H and O–H groups in total. The Bertz CT molecular complexity index is 1320. The average Bonchev–Trinajstić information content (AvgIpc) is 3.09. The Morgan fingerprint density at radius 3 is 2.39 bits per heavy atom. The van der Waals surface area contributed by atoms with Crippen molar-refractivity contribution >= 4 is 22.6 Å². The van der Waals surface area contributed by atoms with Crippen LogP contribution in [0.2, 0.25) is 0 Å². The van der Waals surface area contributed by atoms with E-state index in [1.165, 1.54) is 22.2 Å². The van der Waals surface area contributed by atoms with Crippen LogP contribution in [0.15, 0.2) is 60.7 Å². The number of carbonyl (C=O) groups is 1. The molecule has 0 aliphatic heterocycles. The molecule has 5 nitrogen and oxygen atoms in total. The van der Waals surface area contributed by atoms with Crippen molar-refractivity contribution in [3.63, 3.8) is 0 Å². The highest BCUT2D eigenvalue weighted by Gasteiger charge is 2.20. The Labute approximate surface area is 194 Å². The van der Waals surface area contributed by atoms with E-state index in [2.05, 4.69) is 48.7 Å². The van der Waals surface area contributed by atoms with Crippen LogP contribution in [0.25, 0.3) is 22.0 Å². The van der Waals surface area contributed by atoms with Gasteiger partial charge in [0.25, 0.3) is 0 Å². The van der Waals surface area contributed by atoms with Crippen LogP contribution in [0.5, 0.6) is 5.75 Å². The molecule has 4 rings (SSSR count). The van der Waals surface area contributed by atoms with Crippen molar-refractivity contribution < 1.29 is 14.6 Å². The lowest BCUT2D eigenvalue weighted by molar-refractivity contribution is 0.0696. The number of hydrogen-bond acceptors (Lipinski definition) is 3. The van der Waals surface area contributed by atoms with Crippen LogP contribution in [0.3, 0.4) is 0 Å². The van der Waals surface area contributed by atoms with Gasteiger partial charge in [-0.3, -0.25) is 0 Å². The Balaban J connectivity index is 1.93. The number of hydrogen-bond donors (Lipinski definition) is 1. The fraction of sp³-hybridized carbons (Fsp3) is 0.250. The van der Waals surface area contributed by atoms with Crippen molar-refractivity contribution in [2.24, 2.45) is 0 Å². The van der Waals surface area contributed by atoms with Crippen molar-refractivity contribution in [2.45, 2.75) is 26.8 Å². The van der Waals surface area contributed by atoms with E-state index in [0.717, 1.165) is 34.7 Å². The summed E-state index contributed by atoms with van der Waals surface area (Å²) in [6, 6.07) is 20.2. The largest absolute Gasteiger partial charge is 0.497 e. The molecule has 0 saturated heterocycles. The highest BCUT2D eigenvalue weighted by molar-refractivity contribution is 6.00. The summed E-state index contributed by atoms with van der Waals surface area (Å²) in [6.45, 7) is 5.12. The predicted octanol–water partition coefficient (Wildman–Crippen LogP) is 6.00. The summed E-state index contributed by atoms with van der Waals surface area (Å²) in [4.78, 5) is 14.0. The summed E-state index contributed by atoms with van der Waals surface area (Å²) in [7, 11) is 5.50. The fourth-order valence-electron chi connectivity index (χ4n) is 4.63. The molecule has 3 aromatic carbocycles. The van der Waals surface area contributed by atoms with Gasteiger partial charge in [-0.2, -0.15) is 0 Å². The molecule has 0 unspecified atom stereocenters. The highest BCUT2D eigenvalue weighted by atomic mass is 16.5. The quantitative estimate of drug-likeness (QED) is 0.381. The van der Waals surface area contributed by atoms with Crippen LogP contribution in [0.1, 0.15) is 34.1 Å². The van der Waals surface area contributed by atoms with Gasteiger partial charge in [-0.1, -0.05) is 30.3 Å². The van der Waals surface area contributed by atoms with Gasteiger partial charge in [-0.15, -0.1) is 0 Å². The lowest BCUT2D eigenvalue weighted by Gasteiger charge is -2.16. The zero-order valence-electron chi connectivity index (χ0n) is 19.8. The average molecular weight is 443 g/mol. The lowest BCUT2D eigenvalue weighted by Crippen LogP contribution is -2.11. The first-order valence-electron chi connectivity index (χ1n) is 11.1. The second kappa shape index (κ2) is 9.02. The molecule has 0 aliphatic carbocycles. The van der Waals surface area contributed by atoms with Crippen molar-refractivity contribution in [2.75, 3.05) is 26.1 Å². The van der Waals surface area contributed by atoms with E-state index in [4.69, 9.17) is 4.74 Å². The molecular weight excluding hydrogens is 412 g/mol. The van der Waals surface area contributed by atoms with Crippen molar-refractivity contribution in [3.8, 4) is 16.9 Å². The molecule has 170 valence electrons. The molecule has 0 amide bonds. The number of carboxylic acids is 1. The number of ether oxygens (including phenoxy) is 1. The lowest BCUT2D eigenvalue weighted by atomic mass is 9.93. The highest BCUT2D eigenvalue weighted by Crippen LogP contribution is 2.37. The molecule has 33 heavy (non-hydrogen) atoms. The molecular formula is C28H30N2O3. The van der Waals surface area contributed by atoms with Gasteiger partial charge in [0.05, 0.1) is 12.7 Å². The number of nitrogens with zero attached hydrogens (tertiary/aromatic N) is 2. The van der Waals surface area contributed by atoms with E-state index in [1.807, 2.05) is 43.3 Å². The molecule has 1 aromatic heterocycles. The van der Waals surface area contributed by atoms with Gasteiger partial charge in [0.15, 0.2) is 0 Å². The van der Waals surface area contributed by atoms with E-state index in [-0.39, 0.29) is 0 Å². The molecule has 4 aromatic rings. The molecule has 0 bridgehead atoms. The molecule has 0 atom stereocenters. The minimum Gasteiger partial charge on any atom is -0.497 e. The van der Waals surface area contributed by atoms with Crippen molar-refractivity contribution in [3.05, 3.63) is 83.0 Å². The Morgan fingerprint density at radius 2 is 1.79 bits per heavy atom. The number of methoxy groups -OCH3 is 1. The SMILES string of the molecule is CCn1c(C)c(Cc2ccc(N(C)C)cc2C(=O)O)c2c(-c3ccc(OC)cc3)cccc21. The van der Waals surface area contributed by atoms with Gasteiger partial charge < -0.3 is 19.3 Å². The van der Waals surface area contributed by atoms with E-state index < -0.39 is 5.97 Å². The van der Waals surface area contributed by atoms with Gasteiger partial charge in [-0.05, 0) is 66.4 Å². The maximum Gasteiger partial charge on any atom is 0.336 e. The minimum absolute atomic E-state index is 0.347. The number of rotatable bonds is 7. The molecule has 1 heterocycles. The fourth-order valence-corrected chi connectivity index (χ4v) is 4.63. The van der Waals surface area contributed by atoms with E-state index in [9.17, 15) is 9.90 Å². The molecule has 0 fully saturated rings. The van der Waals surface area contributed by atoms with Crippen LogP contribution in [-0.4, -0.2) is 36.8 Å². The second-order valence-electron chi connectivity index (χ2n) is 8.45. The number of benzene rings is 3. The molecule has 0 radical (unpaired) electrons. The van der Waals surface area contributed by atoms with E-state index in [0.29, 0.717) is 12.0 Å². The number of fused-ring (bicyclic) bond motifs is 1. The standard InChI is InChI=1S/C28H30N2O3/c1-6-30-18(2)24(16-20-10-13-21(29(3)4)17-25(20)28(31)32)27-23(8-7-9-26(27)30)19-11-14-22(33-5)15-12-19/h7-15,17H,6,16H2,1-5H3,(H,31,32). The third-order valence-electron chi connectivity index (χ3n) is 6.40. The van der Waals surface area contributed by atoms with Crippen LogP contribution in [-0.2, 0) is 13.0 Å². The summed E-state index contributed by atoms with van der Waals surface area (Å²) in [5, 5.41) is 11.1. The third-order valence-corrected chi connectivity index (χ3v) is 6.40. The number of aromatic nitrogens is 1. The Morgan fingerprint density at radius 1 is 1.06 bits per heavy atom. The third kappa shape index (κ3) is 4.07. The Hall–Kier alpha value is -3.73. The second-order valence-corrected chi connectivity index (χ2v) is 8.45. The van der Waals surface area contributed by atoms with Gasteiger partial charge in [0.1, 0.15) is 5.75 Å². The molecule has 0 aliphatic rings. The number of carboxylic acid groups (broad SMARTS) is 1.